The van der Waals surface area contributed by atoms with Gasteiger partial charge >= 0.3 is 0 Å². The molecule has 0 amide bonds. The minimum Gasteiger partial charge on any atom is -0.477 e. The Labute approximate surface area is 119 Å². The number of ether oxygens (including phenoxy) is 2. The van der Waals surface area contributed by atoms with E-state index in [-0.39, 0.29) is 0 Å². The van der Waals surface area contributed by atoms with Gasteiger partial charge in [0, 0.05) is 25.8 Å². The van der Waals surface area contributed by atoms with Gasteiger partial charge in [0.05, 0.1) is 12.2 Å². The molecule has 2 N–H and O–H groups in total. The molecule has 0 bridgehead atoms. The van der Waals surface area contributed by atoms with Crippen LogP contribution in [-0.4, -0.2) is 30.3 Å². The second kappa shape index (κ2) is 6.82. The average molecular weight is 280 g/mol. The Bertz CT molecular complexity index is 463. The first-order valence-corrected chi connectivity index (χ1v) is 7.07. The Morgan fingerprint density at radius 1 is 1.37 bits per heavy atom. The summed E-state index contributed by atoms with van der Waals surface area (Å²) in [5.74, 6) is 0.573. The van der Waals surface area contributed by atoms with Crippen molar-refractivity contribution in [2.45, 2.75) is 32.1 Å². The second-order valence-electron chi connectivity index (χ2n) is 4.71. The van der Waals surface area contributed by atoms with Crippen LogP contribution in [0.1, 0.15) is 36.1 Å². The third kappa shape index (κ3) is 3.64. The first kappa shape index (κ1) is 14.2. The summed E-state index contributed by atoms with van der Waals surface area (Å²) in [4.78, 5) is 4.95. The Balaban J connectivity index is 2.17. The molecule has 0 aliphatic heterocycles. The van der Waals surface area contributed by atoms with Crippen LogP contribution < -0.4 is 10.5 Å². The summed E-state index contributed by atoms with van der Waals surface area (Å²) in [6.07, 6.45) is 5.30. The fourth-order valence-corrected chi connectivity index (χ4v) is 2.42. The van der Waals surface area contributed by atoms with Gasteiger partial charge in [-0.05, 0) is 37.3 Å². The van der Waals surface area contributed by atoms with E-state index >= 15 is 0 Å². The number of fused-ring (bicyclic) bond motifs is 1. The fourth-order valence-electron chi connectivity index (χ4n) is 2.27. The van der Waals surface area contributed by atoms with Crippen LogP contribution in [0.15, 0.2) is 6.07 Å². The highest BCUT2D eigenvalue weighted by molar-refractivity contribution is 7.80. The number of pyridine rings is 1. The third-order valence-corrected chi connectivity index (χ3v) is 3.48. The van der Waals surface area contributed by atoms with Gasteiger partial charge in [0.25, 0.3) is 0 Å². The van der Waals surface area contributed by atoms with Gasteiger partial charge in [0.15, 0.2) is 0 Å². The maximum atomic E-state index is 5.76. The van der Waals surface area contributed by atoms with Gasteiger partial charge in [-0.1, -0.05) is 12.2 Å². The van der Waals surface area contributed by atoms with Crippen molar-refractivity contribution in [2.75, 3.05) is 20.3 Å². The zero-order valence-electron chi connectivity index (χ0n) is 11.3. The molecular formula is C14H20N2O2S. The molecule has 0 spiro atoms. The average Bonchev–Trinajstić information content (AvgIpc) is 2.42. The van der Waals surface area contributed by atoms with E-state index in [0.29, 0.717) is 24.1 Å². The van der Waals surface area contributed by atoms with E-state index < -0.39 is 0 Å². The van der Waals surface area contributed by atoms with E-state index in [0.717, 1.165) is 30.5 Å². The quantitative estimate of drug-likeness (QED) is 0.638. The lowest BCUT2D eigenvalue weighted by molar-refractivity contribution is 0.170. The summed E-state index contributed by atoms with van der Waals surface area (Å²) in [6, 6.07) is 2.05. The van der Waals surface area contributed by atoms with Gasteiger partial charge < -0.3 is 15.2 Å². The van der Waals surface area contributed by atoms with E-state index in [4.69, 9.17) is 27.4 Å². The SMILES string of the molecule is COCCCOc1nc2c(cc1C(N)=S)CCCC2. The lowest BCUT2D eigenvalue weighted by Crippen LogP contribution is -2.17. The van der Waals surface area contributed by atoms with Crippen molar-refractivity contribution in [1.29, 1.82) is 0 Å². The summed E-state index contributed by atoms with van der Waals surface area (Å²) < 4.78 is 10.7. The molecule has 0 fully saturated rings. The van der Waals surface area contributed by atoms with Crippen LogP contribution in [0.3, 0.4) is 0 Å². The van der Waals surface area contributed by atoms with Gasteiger partial charge in [-0.3, -0.25) is 0 Å². The van der Waals surface area contributed by atoms with Crippen LogP contribution in [0.5, 0.6) is 5.88 Å². The number of methoxy groups -OCH3 is 1. The van der Waals surface area contributed by atoms with E-state index in [9.17, 15) is 0 Å². The molecule has 1 aliphatic rings. The molecule has 19 heavy (non-hydrogen) atoms. The topological polar surface area (TPSA) is 57.4 Å². The number of aryl methyl sites for hydroxylation is 2. The molecule has 1 aliphatic carbocycles. The van der Waals surface area contributed by atoms with Crippen LogP contribution in [-0.2, 0) is 17.6 Å². The van der Waals surface area contributed by atoms with Crippen LogP contribution >= 0.6 is 12.2 Å². The van der Waals surface area contributed by atoms with Gasteiger partial charge in [-0.2, -0.15) is 0 Å². The van der Waals surface area contributed by atoms with Crippen molar-refractivity contribution in [3.05, 3.63) is 22.9 Å². The Hall–Kier alpha value is -1.20. The summed E-state index contributed by atoms with van der Waals surface area (Å²) in [5.41, 5.74) is 8.92. The van der Waals surface area contributed by atoms with E-state index in [2.05, 4.69) is 11.1 Å². The van der Waals surface area contributed by atoms with Crippen LogP contribution in [0.25, 0.3) is 0 Å². The van der Waals surface area contributed by atoms with Gasteiger partial charge in [0.1, 0.15) is 4.99 Å². The minimum atomic E-state index is 0.350. The molecule has 0 unspecified atom stereocenters. The van der Waals surface area contributed by atoms with E-state index in [1.807, 2.05) is 0 Å². The van der Waals surface area contributed by atoms with Gasteiger partial charge in [-0.15, -0.1) is 0 Å². The standard InChI is InChI=1S/C14H20N2O2S/c1-17-7-4-8-18-14-11(13(15)19)9-10-5-2-3-6-12(10)16-14/h9H,2-8H2,1H3,(H2,15,19). The Kier molecular flexibility index (Phi) is 5.10. The molecule has 5 heteroatoms. The lowest BCUT2D eigenvalue weighted by atomic mass is 9.95. The maximum absolute atomic E-state index is 5.76. The number of hydrogen-bond donors (Lipinski definition) is 1. The minimum absolute atomic E-state index is 0.350. The molecule has 4 nitrogen and oxygen atoms in total. The predicted octanol–water partition coefficient (Wildman–Crippen LogP) is 2.01. The van der Waals surface area contributed by atoms with Crippen molar-refractivity contribution in [3.63, 3.8) is 0 Å². The maximum Gasteiger partial charge on any atom is 0.224 e. The van der Waals surface area contributed by atoms with Crippen molar-refractivity contribution in [1.82, 2.24) is 4.98 Å². The monoisotopic (exact) mass is 280 g/mol. The molecule has 104 valence electrons. The summed E-state index contributed by atoms with van der Waals surface area (Å²) in [5, 5.41) is 0. The molecule has 0 atom stereocenters. The number of aromatic nitrogens is 1. The molecule has 0 aromatic carbocycles. The smallest absolute Gasteiger partial charge is 0.224 e. The zero-order chi connectivity index (χ0) is 13.7. The predicted molar refractivity (Wildman–Crippen MR) is 78.8 cm³/mol. The first-order chi connectivity index (χ1) is 9.22. The summed E-state index contributed by atoms with van der Waals surface area (Å²) in [7, 11) is 1.68. The lowest BCUT2D eigenvalue weighted by Gasteiger charge is -2.18. The van der Waals surface area contributed by atoms with E-state index in [1.165, 1.54) is 18.4 Å². The van der Waals surface area contributed by atoms with Crippen LogP contribution in [0.2, 0.25) is 0 Å². The molecular weight excluding hydrogens is 260 g/mol. The number of thiocarbonyl (C=S) groups is 1. The highest BCUT2D eigenvalue weighted by Gasteiger charge is 2.17. The number of rotatable bonds is 6. The van der Waals surface area contributed by atoms with Crippen molar-refractivity contribution >= 4 is 17.2 Å². The molecule has 1 aromatic rings. The zero-order valence-corrected chi connectivity index (χ0v) is 12.1. The van der Waals surface area contributed by atoms with Crippen LogP contribution in [0.4, 0.5) is 0 Å². The Morgan fingerprint density at radius 2 is 2.16 bits per heavy atom. The highest BCUT2D eigenvalue weighted by Crippen LogP contribution is 2.26. The number of nitrogens with zero attached hydrogens (tertiary/aromatic N) is 1. The van der Waals surface area contributed by atoms with Crippen molar-refractivity contribution < 1.29 is 9.47 Å². The molecule has 0 radical (unpaired) electrons. The first-order valence-electron chi connectivity index (χ1n) is 6.66. The molecule has 0 saturated heterocycles. The van der Waals surface area contributed by atoms with Crippen molar-refractivity contribution in [3.8, 4) is 5.88 Å². The van der Waals surface area contributed by atoms with Gasteiger partial charge in [-0.25, -0.2) is 4.98 Å². The highest BCUT2D eigenvalue weighted by atomic mass is 32.1. The van der Waals surface area contributed by atoms with E-state index in [1.54, 1.807) is 7.11 Å². The molecule has 1 aromatic heterocycles. The molecule has 0 saturated carbocycles. The Morgan fingerprint density at radius 3 is 2.89 bits per heavy atom. The molecule has 1 heterocycles. The molecule has 2 rings (SSSR count). The summed E-state index contributed by atoms with van der Waals surface area (Å²) in [6.45, 7) is 1.24. The fraction of sp³-hybridized carbons (Fsp3) is 0.571. The van der Waals surface area contributed by atoms with Crippen LogP contribution in [0, 0.1) is 0 Å². The van der Waals surface area contributed by atoms with Crippen molar-refractivity contribution in [2.24, 2.45) is 5.73 Å². The normalized spacial score (nSPS) is 13.9. The number of hydrogen-bond acceptors (Lipinski definition) is 4. The summed E-state index contributed by atoms with van der Waals surface area (Å²) >= 11 is 5.09. The second-order valence-corrected chi connectivity index (χ2v) is 5.15. The van der Waals surface area contributed by atoms with Gasteiger partial charge in [0.2, 0.25) is 5.88 Å². The third-order valence-electron chi connectivity index (χ3n) is 3.26. The largest absolute Gasteiger partial charge is 0.477 e. The number of nitrogens with two attached hydrogens (primary N) is 1.